The molecule has 1 atom stereocenters. The van der Waals surface area contributed by atoms with Crippen LogP contribution < -0.4 is 5.32 Å². The Labute approximate surface area is 148 Å². The molecule has 0 aromatic heterocycles. The normalized spacial score (nSPS) is 12.7. The van der Waals surface area contributed by atoms with Gasteiger partial charge in [-0.15, -0.1) is 0 Å². The third kappa shape index (κ3) is 8.72. The summed E-state index contributed by atoms with van der Waals surface area (Å²) in [6, 6.07) is 4.43. The van der Waals surface area contributed by atoms with Gasteiger partial charge in [-0.05, 0) is 50.5 Å². The van der Waals surface area contributed by atoms with E-state index >= 15 is 0 Å². The third-order valence-electron chi connectivity index (χ3n) is 3.29. The molecular formula is C18H29NO6. The summed E-state index contributed by atoms with van der Waals surface area (Å²) in [7, 11) is 1.59. The third-order valence-corrected chi connectivity index (χ3v) is 3.29. The Morgan fingerprint density at radius 1 is 1.24 bits per heavy atom. The van der Waals surface area contributed by atoms with Gasteiger partial charge in [-0.25, -0.2) is 4.79 Å². The van der Waals surface area contributed by atoms with Crippen LogP contribution in [0.2, 0.25) is 0 Å². The van der Waals surface area contributed by atoms with E-state index in [1.807, 2.05) is 0 Å². The number of phenolic OH excluding ortho intramolecular Hbond substituents is 1. The highest BCUT2D eigenvalue weighted by atomic mass is 16.6. The van der Waals surface area contributed by atoms with Crippen LogP contribution in [0.15, 0.2) is 18.2 Å². The summed E-state index contributed by atoms with van der Waals surface area (Å²) in [4.78, 5) is 11.9. The number of carbonyl (C=O) groups is 1. The van der Waals surface area contributed by atoms with Crippen molar-refractivity contribution in [3.8, 4) is 5.75 Å². The van der Waals surface area contributed by atoms with E-state index in [1.165, 1.54) is 0 Å². The fraction of sp³-hybridized carbons (Fsp3) is 0.611. The predicted octanol–water partition coefficient (Wildman–Crippen LogP) is 1.98. The van der Waals surface area contributed by atoms with Crippen LogP contribution >= 0.6 is 0 Å². The van der Waals surface area contributed by atoms with E-state index in [0.717, 1.165) is 11.1 Å². The predicted molar refractivity (Wildman–Crippen MR) is 93.6 cm³/mol. The van der Waals surface area contributed by atoms with Crippen molar-refractivity contribution in [3.05, 3.63) is 29.3 Å². The largest absolute Gasteiger partial charge is 0.508 e. The van der Waals surface area contributed by atoms with Gasteiger partial charge < -0.3 is 29.7 Å². The lowest BCUT2D eigenvalue weighted by molar-refractivity contribution is 0.0481. The maximum Gasteiger partial charge on any atom is 0.407 e. The van der Waals surface area contributed by atoms with Crippen molar-refractivity contribution in [1.29, 1.82) is 0 Å². The van der Waals surface area contributed by atoms with Crippen molar-refractivity contribution in [3.63, 3.8) is 0 Å². The molecule has 3 N–H and O–H groups in total. The van der Waals surface area contributed by atoms with Crippen LogP contribution in [0.1, 0.15) is 31.9 Å². The molecule has 0 heterocycles. The summed E-state index contributed by atoms with van der Waals surface area (Å²) in [5.41, 5.74) is 1.05. The van der Waals surface area contributed by atoms with Gasteiger partial charge in [0.05, 0.1) is 32.5 Å². The lowest BCUT2D eigenvalue weighted by Gasteiger charge is -2.23. The Balaban J connectivity index is 2.72. The fourth-order valence-electron chi connectivity index (χ4n) is 2.17. The molecule has 0 saturated heterocycles. The topological polar surface area (TPSA) is 97.3 Å². The minimum atomic E-state index is -0.608. The first-order valence-electron chi connectivity index (χ1n) is 8.23. The van der Waals surface area contributed by atoms with Crippen LogP contribution in [0.5, 0.6) is 5.75 Å². The van der Waals surface area contributed by atoms with Gasteiger partial charge in [0.1, 0.15) is 11.4 Å². The molecule has 0 saturated carbocycles. The molecule has 1 rings (SSSR count). The van der Waals surface area contributed by atoms with E-state index in [4.69, 9.17) is 14.2 Å². The first-order valence-corrected chi connectivity index (χ1v) is 8.23. The van der Waals surface area contributed by atoms with Crippen molar-refractivity contribution >= 4 is 6.09 Å². The smallest absolute Gasteiger partial charge is 0.407 e. The Hall–Kier alpha value is -1.83. The average molecular weight is 355 g/mol. The van der Waals surface area contributed by atoms with Gasteiger partial charge in [-0.2, -0.15) is 0 Å². The molecule has 7 nitrogen and oxygen atoms in total. The number of carbonyl (C=O) groups excluding carboxylic acids is 1. The highest BCUT2D eigenvalue weighted by Crippen LogP contribution is 2.19. The maximum atomic E-state index is 11.9. The molecule has 25 heavy (non-hydrogen) atoms. The monoisotopic (exact) mass is 355 g/mol. The number of hydrogen-bond acceptors (Lipinski definition) is 6. The SMILES string of the molecule is COCCOCc1cc(O)ccc1C[C@@H](CO)NC(=O)OC(C)(C)C. The summed E-state index contributed by atoms with van der Waals surface area (Å²) in [5.74, 6) is 0.134. The summed E-state index contributed by atoms with van der Waals surface area (Å²) in [6.45, 7) is 6.31. The van der Waals surface area contributed by atoms with Crippen LogP contribution in [-0.2, 0) is 27.2 Å². The van der Waals surface area contributed by atoms with Crippen molar-refractivity contribution in [2.45, 2.75) is 45.4 Å². The van der Waals surface area contributed by atoms with Crippen molar-refractivity contribution in [2.75, 3.05) is 26.9 Å². The van der Waals surface area contributed by atoms with Gasteiger partial charge in [-0.3, -0.25) is 0 Å². The number of nitrogens with one attached hydrogen (secondary N) is 1. The molecule has 0 radical (unpaired) electrons. The molecule has 0 aliphatic rings. The molecule has 0 aliphatic carbocycles. The molecular weight excluding hydrogens is 326 g/mol. The minimum absolute atomic E-state index is 0.134. The van der Waals surface area contributed by atoms with Crippen LogP contribution in [0.25, 0.3) is 0 Å². The number of aromatic hydroxyl groups is 1. The summed E-state index contributed by atoms with van der Waals surface area (Å²) < 4.78 is 15.6. The quantitative estimate of drug-likeness (QED) is 0.586. The molecule has 1 aromatic rings. The van der Waals surface area contributed by atoms with Gasteiger partial charge in [0.2, 0.25) is 0 Å². The highest BCUT2D eigenvalue weighted by molar-refractivity contribution is 5.68. The molecule has 0 fully saturated rings. The van der Waals surface area contributed by atoms with E-state index in [-0.39, 0.29) is 12.4 Å². The second-order valence-corrected chi connectivity index (χ2v) is 6.73. The number of benzene rings is 1. The number of hydrogen-bond donors (Lipinski definition) is 3. The number of phenols is 1. The number of alkyl carbamates (subject to hydrolysis) is 1. The van der Waals surface area contributed by atoms with Gasteiger partial charge >= 0.3 is 6.09 Å². The molecule has 0 unspecified atom stereocenters. The number of aliphatic hydroxyl groups excluding tert-OH is 1. The first-order chi connectivity index (χ1) is 11.7. The molecule has 7 heteroatoms. The van der Waals surface area contributed by atoms with E-state index in [9.17, 15) is 15.0 Å². The number of methoxy groups -OCH3 is 1. The molecule has 142 valence electrons. The number of amides is 1. The zero-order valence-electron chi connectivity index (χ0n) is 15.4. The first kappa shape index (κ1) is 21.2. The average Bonchev–Trinajstić information content (AvgIpc) is 2.51. The Morgan fingerprint density at radius 2 is 1.96 bits per heavy atom. The summed E-state index contributed by atoms with van der Waals surface area (Å²) in [6.07, 6.45) is -0.192. The van der Waals surface area contributed by atoms with Crippen LogP contribution in [-0.4, -0.2) is 54.9 Å². The number of rotatable bonds is 9. The summed E-state index contributed by atoms with van der Waals surface area (Å²) in [5, 5.41) is 21.9. The van der Waals surface area contributed by atoms with Gasteiger partial charge in [0, 0.05) is 7.11 Å². The Morgan fingerprint density at radius 3 is 2.56 bits per heavy atom. The fourth-order valence-corrected chi connectivity index (χ4v) is 2.17. The van der Waals surface area contributed by atoms with Crippen molar-refractivity contribution in [1.82, 2.24) is 5.32 Å². The van der Waals surface area contributed by atoms with Crippen LogP contribution in [0.4, 0.5) is 4.79 Å². The summed E-state index contributed by atoms with van der Waals surface area (Å²) >= 11 is 0. The number of aliphatic hydroxyl groups is 1. The standard InChI is InChI=1S/C18H29NO6/c1-18(2,3)25-17(22)19-15(11-20)9-13-5-6-16(21)10-14(13)12-24-8-7-23-4/h5-6,10,15,20-21H,7-9,11-12H2,1-4H3,(H,19,22)/t15-/m0/s1. The molecule has 0 aliphatic heterocycles. The van der Waals surface area contributed by atoms with Gasteiger partial charge in [0.15, 0.2) is 0 Å². The second kappa shape index (κ2) is 10.2. The van der Waals surface area contributed by atoms with E-state index in [1.54, 1.807) is 46.1 Å². The highest BCUT2D eigenvalue weighted by Gasteiger charge is 2.20. The Kier molecular flexibility index (Phi) is 8.68. The number of ether oxygens (including phenoxy) is 3. The Bertz CT molecular complexity index is 541. The second-order valence-electron chi connectivity index (χ2n) is 6.73. The zero-order chi connectivity index (χ0) is 18.9. The van der Waals surface area contributed by atoms with E-state index in [2.05, 4.69) is 5.32 Å². The molecule has 0 spiro atoms. The zero-order valence-corrected chi connectivity index (χ0v) is 15.4. The van der Waals surface area contributed by atoms with Gasteiger partial charge in [-0.1, -0.05) is 6.07 Å². The molecule has 0 bridgehead atoms. The van der Waals surface area contributed by atoms with E-state index < -0.39 is 17.7 Å². The van der Waals surface area contributed by atoms with Crippen LogP contribution in [0.3, 0.4) is 0 Å². The lowest BCUT2D eigenvalue weighted by Crippen LogP contribution is -2.42. The maximum absolute atomic E-state index is 11.9. The van der Waals surface area contributed by atoms with Crippen molar-refractivity contribution in [2.24, 2.45) is 0 Å². The molecule has 1 amide bonds. The minimum Gasteiger partial charge on any atom is -0.508 e. The van der Waals surface area contributed by atoms with Gasteiger partial charge in [0.25, 0.3) is 0 Å². The molecule has 1 aromatic carbocycles. The lowest BCUT2D eigenvalue weighted by atomic mass is 10.0. The van der Waals surface area contributed by atoms with E-state index in [0.29, 0.717) is 26.2 Å². The van der Waals surface area contributed by atoms with Crippen LogP contribution in [0, 0.1) is 0 Å². The van der Waals surface area contributed by atoms with Crippen molar-refractivity contribution < 1.29 is 29.2 Å².